The predicted octanol–water partition coefficient (Wildman–Crippen LogP) is 3.97. The Morgan fingerprint density at radius 3 is 2.48 bits per heavy atom. The number of fused-ring (bicyclic) bond motifs is 1. The van der Waals surface area contributed by atoms with Gasteiger partial charge in [-0.1, -0.05) is 36.2 Å². The molecule has 176 valence electrons. The molecule has 0 saturated carbocycles. The second-order valence-electron chi connectivity index (χ2n) is 9.51. The molecule has 2 aliphatic rings. The molecule has 1 saturated heterocycles. The number of anilines is 2. The zero-order valence-electron chi connectivity index (χ0n) is 20.1. The van der Waals surface area contributed by atoms with Crippen LogP contribution in [0.2, 0.25) is 0 Å². The maximum Gasteiger partial charge on any atom is 0.313 e. The molecular formula is C27H36N4O2. The van der Waals surface area contributed by atoms with E-state index >= 15 is 0 Å². The second-order valence-corrected chi connectivity index (χ2v) is 9.51. The van der Waals surface area contributed by atoms with Crippen molar-refractivity contribution in [1.82, 2.24) is 10.2 Å². The summed E-state index contributed by atoms with van der Waals surface area (Å²) in [7, 11) is 2.15. The lowest BCUT2D eigenvalue weighted by atomic mass is 9.95. The molecule has 4 rings (SSSR count). The van der Waals surface area contributed by atoms with Crippen molar-refractivity contribution in [3.63, 3.8) is 0 Å². The number of aryl methyl sites for hydroxylation is 3. The van der Waals surface area contributed by atoms with Crippen LogP contribution in [0.4, 0.5) is 11.4 Å². The van der Waals surface area contributed by atoms with Gasteiger partial charge in [0.2, 0.25) is 0 Å². The lowest BCUT2D eigenvalue weighted by molar-refractivity contribution is -0.136. The Morgan fingerprint density at radius 1 is 0.939 bits per heavy atom. The molecule has 6 nitrogen and oxygen atoms in total. The molecule has 0 aromatic heterocycles. The van der Waals surface area contributed by atoms with Crippen LogP contribution in [0.3, 0.4) is 0 Å². The molecule has 0 unspecified atom stereocenters. The first-order chi connectivity index (χ1) is 15.9. The smallest absolute Gasteiger partial charge is 0.313 e. The first kappa shape index (κ1) is 23.3. The molecular weight excluding hydrogens is 412 g/mol. The molecule has 0 bridgehead atoms. The molecule has 2 heterocycles. The van der Waals surface area contributed by atoms with Crippen LogP contribution in [-0.2, 0) is 16.0 Å². The van der Waals surface area contributed by atoms with Gasteiger partial charge in [-0.05, 0) is 81.4 Å². The van der Waals surface area contributed by atoms with Crippen LogP contribution in [0.15, 0.2) is 36.4 Å². The van der Waals surface area contributed by atoms with Crippen molar-refractivity contribution < 1.29 is 9.59 Å². The summed E-state index contributed by atoms with van der Waals surface area (Å²) in [6.45, 7) is 7.49. The van der Waals surface area contributed by atoms with E-state index in [4.69, 9.17) is 0 Å². The molecule has 0 radical (unpaired) electrons. The fraction of sp³-hybridized carbons (Fsp3) is 0.481. The number of likely N-dealkylation sites (tertiary alicyclic amines) is 1. The van der Waals surface area contributed by atoms with Crippen molar-refractivity contribution in [3.05, 3.63) is 58.7 Å². The molecule has 6 heteroatoms. The average Bonchev–Trinajstić information content (AvgIpc) is 2.81. The van der Waals surface area contributed by atoms with E-state index in [1.165, 1.54) is 36.1 Å². The molecule has 2 N–H and O–H groups in total. The van der Waals surface area contributed by atoms with Crippen molar-refractivity contribution in [2.24, 2.45) is 0 Å². The second kappa shape index (κ2) is 10.4. The van der Waals surface area contributed by atoms with E-state index in [9.17, 15) is 9.59 Å². The largest absolute Gasteiger partial charge is 0.374 e. The van der Waals surface area contributed by atoms with Gasteiger partial charge in [-0.15, -0.1) is 0 Å². The molecule has 2 aromatic rings. The van der Waals surface area contributed by atoms with Gasteiger partial charge in [0.25, 0.3) is 0 Å². The van der Waals surface area contributed by atoms with Gasteiger partial charge >= 0.3 is 11.8 Å². The van der Waals surface area contributed by atoms with Crippen LogP contribution in [0, 0.1) is 13.8 Å². The zero-order valence-corrected chi connectivity index (χ0v) is 20.1. The summed E-state index contributed by atoms with van der Waals surface area (Å²) in [5.41, 5.74) is 6.64. The summed E-state index contributed by atoms with van der Waals surface area (Å²) in [4.78, 5) is 30.0. The number of nitrogens with zero attached hydrogens (tertiary/aromatic N) is 2. The lowest BCUT2D eigenvalue weighted by Crippen LogP contribution is -2.43. The van der Waals surface area contributed by atoms with E-state index in [2.05, 4.69) is 45.7 Å². The van der Waals surface area contributed by atoms with Gasteiger partial charge < -0.3 is 15.5 Å². The van der Waals surface area contributed by atoms with E-state index in [0.717, 1.165) is 43.6 Å². The topological polar surface area (TPSA) is 64.7 Å². The minimum absolute atomic E-state index is 0.0701. The summed E-state index contributed by atoms with van der Waals surface area (Å²) in [5, 5.41) is 5.67. The lowest BCUT2D eigenvalue weighted by Gasteiger charge is -2.36. The van der Waals surface area contributed by atoms with E-state index in [0.29, 0.717) is 12.2 Å². The van der Waals surface area contributed by atoms with Crippen LogP contribution < -0.4 is 15.5 Å². The molecule has 2 amide bonds. The Bertz CT molecular complexity index is 1010. The van der Waals surface area contributed by atoms with Crippen LogP contribution in [0.25, 0.3) is 0 Å². The molecule has 1 fully saturated rings. The Labute approximate surface area is 197 Å². The molecule has 0 aliphatic carbocycles. The van der Waals surface area contributed by atoms with Crippen molar-refractivity contribution in [1.29, 1.82) is 0 Å². The molecule has 0 spiro atoms. The van der Waals surface area contributed by atoms with Gasteiger partial charge in [0.15, 0.2) is 0 Å². The summed E-state index contributed by atoms with van der Waals surface area (Å²) in [6, 6.07) is 12.6. The highest BCUT2D eigenvalue weighted by Gasteiger charge is 2.26. The number of rotatable bonds is 5. The monoisotopic (exact) mass is 448 g/mol. The Morgan fingerprint density at radius 2 is 1.73 bits per heavy atom. The quantitative estimate of drug-likeness (QED) is 0.680. The zero-order chi connectivity index (χ0) is 23.4. The predicted molar refractivity (Wildman–Crippen MR) is 134 cm³/mol. The molecule has 2 aliphatic heterocycles. The Kier molecular flexibility index (Phi) is 7.33. The Hall–Kier alpha value is -2.86. The highest BCUT2D eigenvalue weighted by Crippen LogP contribution is 2.31. The number of benzene rings is 2. The third kappa shape index (κ3) is 5.56. The van der Waals surface area contributed by atoms with Crippen molar-refractivity contribution in [2.45, 2.75) is 52.0 Å². The summed E-state index contributed by atoms with van der Waals surface area (Å²) >= 11 is 0. The molecule has 33 heavy (non-hydrogen) atoms. The maximum atomic E-state index is 12.7. The summed E-state index contributed by atoms with van der Waals surface area (Å²) < 4.78 is 0. The van der Waals surface area contributed by atoms with E-state index < -0.39 is 11.8 Å². The first-order valence-corrected chi connectivity index (χ1v) is 12.2. The van der Waals surface area contributed by atoms with Gasteiger partial charge in [0.05, 0.1) is 6.04 Å². The van der Waals surface area contributed by atoms with Crippen LogP contribution >= 0.6 is 0 Å². The molecule has 1 atom stereocenters. The average molecular weight is 449 g/mol. The number of carbonyl (C=O) groups excluding carboxylic acids is 2. The van der Waals surface area contributed by atoms with Crippen molar-refractivity contribution in [3.8, 4) is 0 Å². The third-order valence-electron chi connectivity index (χ3n) is 6.96. The number of piperidine rings is 1. The van der Waals surface area contributed by atoms with E-state index in [-0.39, 0.29) is 6.04 Å². The first-order valence-electron chi connectivity index (χ1n) is 12.2. The molecule has 2 aromatic carbocycles. The minimum Gasteiger partial charge on any atom is -0.374 e. The van der Waals surface area contributed by atoms with Gasteiger partial charge in [0.1, 0.15) is 0 Å². The van der Waals surface area contributed by atoms with E-state index in [1.54, 1.807) is 0 Å². The fourth-order valence-corrected chi connectivity index (χ4v) is 5.10. The van der Waals surface area contributed by atoms with Crippen LogP contribution in [-0.4, -0.2) is 49.9 Å². The van der Waals surface area contributed by atoms with Gasteiger partial charge in [-0.25, -0.2) is 0 Å². The van der Waals surface area contributed by atoms with Crippen molar-refractivity contribution in [2.75, 3.05) is 43.4 Å². The van der Waals surface area contributed by atoms with E-state index in [1.807, 2.05) is 32.0 Å². The van der Waals surface area contributed by atoms with Crippen LogP contribution in [0.5, 0.6) is 0 Å². The summed E-state index contributed by atoms with van der Waals surface area (Å²) in [6.07, 6.45) is 5.85. The normalized spacial score (nSPS) is 17.2. The number of amides is 2. The summed E-state index contributed by atoms with van der Waals surface area (Å²) in [5.74, 6) is -1.21. The number of hydrogen-bond acceptors (Lipinski definition) is 4. The fourth-order valence-electron chi connectivity index (χ4n) is 5.10. The minimum atomic E-state index is -0.619. The van der Waals surface area contributed by atoms with Gasteiger partial charge in [-0.2, -0.15) is 0 Å². The van der Waals surface area contributed by atoms with Crippen LogP contribution in [0.1, 0.15) is 54.0 Å². The van der Waals surface area contributed by atoms with Crippen molar-refractivity contribution >= 4 is 23.2 Å². The number of carbonyl (C=O) groups is 2. The maximum absolute atomic E-state index is 12.7. The SMILES string of the molecule is Cc1ccc(NC(=O)C(=O)NC[C@@H](c2ccc3c(c2)CCCN3C)N2CCCCC2)c(C)c1. The highest BCUT2D eigenvalue weighted by molar-refractivity contribution is 6.39. The third-order valence-corrected chi connectivity index (χ3v) is 6.96. The Balaban J connectivity index is 1.46. The van der Waals surface area contributed by atoms with Gasteiger partial charge in [0, 0.05) is 31.5 Å². The standard InChI is InChI=1S/C27H36N4O2/c1-19-9-11-23(20(2)16-19)29-27(33)26(32)28-18-25(31-14-5-4-6-15-31)22-10-12-24-21(17-22)8-7-13-30(24)3/h9-12,16-17,25H,4-8,13-15,18H2,1-3H3,(H,28,32)(H,29,33)/t25-/m0/s1. The van der Waals surface area contributed by atoms with Gasteiger partial charge in [-0.3, -0.25) is 14.5 Å². The number of nitrogens with one attached hydrogen (secondary N) is 2. The number of hydrogen-bond donors (Lipinski definition) is 2. The highest BCUT2D eigenvalue weighted by atomic mass is 16.2.